The van der Waals surface area contributed by atoms with E-state index in [0.717, 1.165) is 0 Å². The van der Waals surface area contributed by atoms with E-state index in [0.29, 0.717) is 24.3 Å². The van der Waals surface area contributed by atoms with Crippen LogP contribution in [-0.2, 0) is 24.8 Å². The molecule has 2 aromatic rings. The average Bonchev–Trinajstić information content (AvgIpc) is 2.74. The molecule has 3 rings (SSSR count). The van der Waals surface area contributed by atoms with Crippen molar-refractivity contribution in [2.45, 2.75) is 29.7 Å². The molecule has 1 atom stereocenters. The molecule has 1 aliphatic heterocycles. The number of nitrogens with one attached hydrogen (secondary N) is 1. The van der Waals surface area contributed by atoms with Crippen LogP contribution in [0.5, 0.6) is 0 Å². The van der Waals surface area contributed by atoms with E-state index in [9.17, 15) is 21.6 Å². The summed E-state index contributed by atoms with van der Waals surface area (Å²) in [5, 5.41) is 7.90. The van der Waals surface area contributed by atoms with Crippen molar-refractivity contribution in [2.24, 2.45) is 5.14 Å². The third kappa shape index (κ3) is 5.31. The van der Waals surface area contributed by atoms with Crippen LogP contribution in [0.15, 0.2) is 52.3 Å². The molecule has 2 aromatic carbocycles. The number of carbonyl (C=O) groups is 1. The van der Waals surface area contributed by atoms with Crippen molar-refractivity contribution < 1.29 is 26.4 Å². The first kappa shape index (κ1) is 23.4. The molecule has 3 N–H and O–H groups in total. The lowest BCUT2D eigenvalue weighted by Gasteiger charge is -2.26. The maximum Gasteiger partial charge on any atom is 0.251 e. The lowest BCUT2D eigenvalue weighted by Crippen LogP contribution is -2.41. The maximum atomic E-state index is 13.0. The topological polar surface area (TPSA) is 136 Å². The molecule has 0 bridgehead atoms. The van der Waals surface area contributed by atoms with Gasteiger partial charge in [-0.2, -0.15) is 4.31 Å². The Bertz CT molecular complexity index is 1170. The molecule has 11 heteroatoms. The van der Waals surface area contributed by atoms with Gasteiger partial charge in [0.15, 0.2) is 0 Å². The predicted octanol–water partition coefficient (Wildman–Crippen LogP) is 1.15. The zero-order valence-corrected chi connectivity index (χ0v) is 18.9. The molecule has 0 saturated carbocycles. The van der Waals surface area contributed by atoms with Crippen molar-refractivity contribution in [2.75, 3.05) is 26.3 Å². The van der Waals surface area contributed by atoms with Crippen molar-refractivity contribution in [3.8, 4) is 0 Å². The molecule has 0 aromatic heterocycles. The second kappa shape index (κ2) is 9.05. The SMILES string of the molecule is Cc1ccc(C(=O)N[C@H](C)c2ccc(S(N)(=O)=O)cc2)cc1S(=O)(=O)N1CCOCC1. The van der Waals surface area contributed by atoms with Crippen LogP contribution in [0.2, 0.25) is 0 Å². The molecule has 1 amide bonds. The molecule has 1 saturated heterocycles. The number of nitrogens with zero attached hydrogens (tertiary/aromatic N) is 1. The van der Waals surface area contributed by atoms with Gasteiger partial charge >= 0.3 is 0 Å². The van der Waals surface area contributed by atoms with Crippen LogP contribution in [0.1, 0.15) is 34.5 Å². The highest BCUT2D eigenvalue weighted by molar-refractivity contribution is 7.89. The van der Waals surface area contributed by atoms with Gasteiger partial charge in [0.2, 0.25) is 20.0 Å². The van der Waals surface area contributed by atoms with Crippen LogP contribution in [0.4, 0.5) is 0 Å². The van der Waals surface area contributed by atoms with E-state index < -0.39 is 32.0 Å². The van der Waals surface area contributed by atoms with Crippen LogP contribution >= 0.6 is 0 Å². The van der Waals surface area contributed by atoms with E-state index in [1.54, 1.807) is 38.1 Å². The maximum absolute atomic E-state index is 13.0. The van der Waals surface area contributed by atoms with Crippen molar-refractivity contribution >= 4 is 26.0 Å². The van der Waals surface area contributed by atoms with Crippen molar-refractivity contribution in [3.05, 3.63) is 59.2 Å². The molecule has 0 aliphatic carbocycles. The molecular formula is C20H25N3O6S2. The Kier molecular flexibility index (Phi) is 6.82. The number of ether oxygens (including phenoxy) is 1. The van der Waals surface area contributed by atoms with Crippen molar-refractivity contribution in [1.29, 1.82) is 0 Å². The molecule has 168 valence electrons. The number of morpholine rings is 1. The largest absolute Gasteiger partial charge is 0.379 e. The molecule has 0 spiro atoms. The standard InChI is InChI=1S/C20H25N3O6S2/c1-14-3-4-17(13-19(14)31(27,28)23-9-11-29-12-10-23)20(24)22-15(2)16-5-7-18(8-6-16)30(21,25)26/h3-8,13,15H,9-12H2,1-2H3,(H,22,24)(H2,21,25,26)/t15-/m1/s1. The molecule has 1 aliphatic rings. The van der Waals surface area contributed by atoms with E-state index in [1.165, 1.54) is 22.5 Å². The minimum atomic E-state index is -3.80. The molecule has 1 heterocycles. The number of aryl methyl sites for hydroxylation is 1. The molecule has 1 fully saturated rings. The van der Waals surface area contributed by atoms with Gasteiger partial charge in [-0.05, 0) is 49.2 Å². The van der Waals surface area contributed by atoms with E-state index in [1.807, 2.05) is 0 Å². The summed E-state index contributed by atoms with van der Waals surface area (Å²) in [6, 6.07) is 9.98. The fourth-order valence-corrected chi connectivity index (χ4v) is 5.43. The van der Waals surface area contributed by atoms with Gasteiger partial charge in [-0.15, -0.1) is 0 Å². The second-order valence-corrected chi connectivity index (χ2v) is 10.8. The fraction of sp³-hybridized carbons (Fsp3) is 0.350. The summed E-state index contributed by atoms with van der Waals surface area (Å²) in [5.74, 6) is -0.443. The Morgan fingerprint density at radius 2 is 1.68 bits per heavy atom. The van der Waals surface area contributed by atoms with Crippen LogP contribution in [0, 0.1) is 6.92 Å². The monoisotopic (exact) mass is 467 g/mol. The lowest BCUT2D eigenvalue weighted by atomic mass is 10.1. The number of hydrogen-bond donors (Lipinski definition) is 2. The Balaban J connectivity index is 1.80. The van der Waals surface area contributed by atoms with Gasteiger partial charge in [0, 0.05) is 18.7 Å². The highest BCUT2D eigenvalue weighted by Crippen LogP contribution is 2.23. The molecule has 9 nitrogen and oxygen atoms in total. The van der Waals surface area contributed by atoms with Gasteiger partial charge < -0.3 is 10.1 Å². The number of hydrogen-bond acceptors (Lipinski definition) is 6. The van der Waals surface area contributed by atoms with Crippen LogP contribution < -0.4 is 10.5 Å². The summed E-state index contributed by atoms with van der Waals surface area (Å²) in [7, 11) is -7.54. The van der Waals surface area contributed by atoms with E-state index in [-0.39, 0.29) is 28.4 Å². The van der Waals surface area contributed by atoms with E-state index in [4.69, 9.17) is 9.88 Å². The number of carbonyl (C=O) groups excluding carboxylic acids is 1. The highest BCUT2D eigenvalue weighted by Gasteiger charge is 2.28. The smallest absolute Gasteiger partial charge is 0.251 e. The van der Waals surface area contributed by atoms with Crippen LogP contribution in [0.3, 0.4) is 0 Å². The molecule has 31 heavy (non-hydrogen) atoms. The Hall–Kier alpha value is -2.31. The minimum absolute atomic E-state index is 0.0220. The third-order valence-electron chi connectivity index (χ3n) is 5.09. The first-order valence-corrected chi connectivity index (χ1v) is 12.6. The zero-order valence-electron chi connectivity index (χ0n) is 17.2. The van der Waals surface area contributed by atoms with Gasteiger partial charge in [-0.1, -0.05) is 18.2 Å². The summed E-state index contributed by atoms with van der Waals surface area (Å²) in [6.45, 7) is 4.63. The van der Waals surface area contributed by atoms with Gasteiger partial charge in [0.25, 0.3) is 5.91 Å². The third-order valence-corrected chi connectivity index (χ3v) is 8.06. The number of amides is 1. The summed E-state index contributed by atoms with van der Waals surface area (Å²) >= 11 is 0. The van der Waals surface area contributed by atoms with Gasteiger partial charge in [0.1, 0.15) is 0 Å². The average molecular weight is 468 g/mol. The summed E-state index contributed by atoms with van der Waals surface area (Å²) < 4.78 is 55.4. The summed E-state index contributed by atoms with van der Waals surface area (Å²) in [6.07, 6.45) is 0. The van der Waals surface area contributed by atoms with Crippen molar-refractivity contribution in [1.82, 2.24) is 9.62 Å². The normalized spacial score (nSPS) is 16.6. The predicted molar refractivity (Wildman–Crippen MR) is 114 cm³/mol. The van der Waals surface area contributed by atoms with Crippen LogP contribution in [0.25, 0.3) is 0 Å². The first-order chi connectivity index (χ1) is 14.5. The first-order valence-electron chi connectivity index (χ1n) is 9.62. The zero-order chi connectivity index (χ0) is 22.8. The van der Waals surface area contributed by atoms with Crippen LogP contribution in [-0.4, -0.2) is 53.4 Å². The minimum Gasteiger partial charge on any atom is -0.379 e. The Morgan fingerprint density at radius 1 is 1.06 bits per heavy atom. The van der Waals surface area contributed by atoms with E-state index in [2.05, 4.69) is 5.32 Å². The molecule has 0 radical (unpaired) electrons. The quantitative estimate of drug-likeness (QED) is 0.654. The number of primary sulfonamides is 1. The summed E-state index contributed by atoms with van der Waals surface area (Å²) in [4.78, 5) is 12.8. The number of rotatable bonds is 6. The van der Waals surface area contributed by atoms with Gasteiger partial charge in [0.05, 0.1) is 29.0 Å². The number of sulfonamides is 2. The van der Waals surface area contributed by atoms with Gasteiger partial charge in [-0.3, -0.25) is 4.79 Å². The number of benzene rings is 2. The molecular weight excluding hydrogens is 442 g/mol. The summed E-state index contributed by atoms with van der Waals surface area (Å²) in [5.41, 5.74) is 1.44. The Morgan fingerprint density at radius 3 is 2.26 bits per heavy atom. The molecule has 0 unspecified atom stereocenters. The lowest BCUT2D eigenvalue weighted by molar-refractivity contribution is 0.0730. The Labute approximate surface area is 182 Å². The van der Waals surface area contributed by atoms with E-state index >= 15 is 0 Å². The fourth-order valence-electron chi connectivity index (χ4n) is 3.25. The highest BCUT2D eigenvalue weighted by atomic mass is 32.2. The number of nitrogens with two attached hydrogens (primary N) is 1. The van der Waals surface area contributed by atoms with Gasteiger partial charge in [-0.25, -0.2) is 22.0 Å². The second-order valence-electron chi connectivity index (χ2n) is 7.31. The van der Waals surface area contributed by atoms with Crippen molar-refractivity contribution in [3.63, 3.8) is 0 Å².